The van der Waals surface area contributed by atoms with Crippen molar-refractivity contribution in [3.8, 4) is 5.75 Å². The molecule has 0 unspecified atom stereocenters. The highest BCUT2D eigenvalue weighted by Gasteiger charge is 2.41. The van der Waals surface area contributed by atoms with Crippen molar-refractivity contribution in [1.29, 1.82) is 0 Å². The summed E-state index contributed by atoms with van der Waals surface area (Å²) in [4.78, 5) is 20.7. The smallest absolute Gasteiger partial charge is 0.249 e. The van der Waals surface area contributed by atoms with E-state index in [1.165, 1.54) is 16.7 Å². The van der Waals surface area contributed by atoms with E-state index >= 15 is 4.39 Å². The van der Waals surface area contributed by atoms with Crippen molar-refractivity contribution in [2.45, 2.75) is 43.7 Å². The molecule has 0 spiro atoms. The van der Waals surface area contributed by atoms with Crippen LogP contribution >= 0.6 is 23.4 Å². The Hall–Kier alpha value is -2.39. The largest absolute Gasteiger partial charge is 0.497 e. The van der Waals surface area contributed by atoms with Crippen molar-refractivity contribution in [2.24, 2.45) is 5.41 Å². The van der Waals surface area contributed by atoms with Crippen LogP contribution in [-0.2, 0) is 4.79 Å². The second kappa shape index (κ2) is 12.4. The molecule has 1 aliphatic rings. The SMILES string of the molecule is COc1ccc2ncc(Cl)c([C@H](F)CCC3(C(=O)NO)CCN(CCSc4cccc(C)c4)CC3)c2c1. The lowest BCUT2D eigenvalue weighted by Gasteiger charge is -2.40. The van der Waals surface area contributed by atoms with Crippen LogP contribution in [-0.4, -0.2) is 53.5 Å². The number of pyridine rings is 1. The van der Waals surface area contributed by atoms with Gasteiger partial charge in [0.05, 0.1) is 23.1 Å². The van der Waals surface area contributed by atoms with E-state index in [1.54, 1.807) is 25.3 Å². The van der Waals surface area contributed by atoms with Crippen molar-refractivity contribution in [2.75, 3.05) is 32.5 Å². The van der Waals surface area contributed by atoms with Gasteiger partial charge in [0.15, 0.2) is 0 Å². The number of hydrogen-bond donors (Lipinski definition) is 2. The lowest BCUT2D eigenvalue weighted by atomic mass is 9.73. The van der Waals surface area contributed by atoms with Crippen LogP contribution in [0.4, 0.5) is 4.39 Å². The van der Waals surface area contributed by atoms with Gasteiger partial charge >= 0.3 is 0 Å². The Balaban J connectivity index is 1.40. The van der Waals surface area contributed by atoms with Gasteiger partial charge < -0.3 is 9.64 Å². The van der Waals surface area contributed by atoms with Crippen LogP contribution in [0.3, 0.4) is 0 Å². The van der Waals surface area contributed by atoms with Crippen molar-refractivity contribution in [3.63, 3.8) is 0 Å². The molecule has 4 rings (SSSR count). The van der Waals surface area contributed by atoms with E-state index in [0.29, 0.717) is 41.5 Å². The Kier molecular flexibility index (Phi) is 9.29. The summed E-state index contributed by atoms with van der Waals surface area (Å²) in [6.45, 7) is 4.43. The maximum atomic E-state index is 15.7. The van der Waals surface area contributed by atoms with Gasteiger partial charge in [-0.2, -0.15) is 0 Å². The van der Waals surface area contributed by atoms with E-state index in [2.05, 4.69) is 41.1 Å². The highest BCUT2D eigenvalue weighted by molar-refractivity contribution is 7.99. The van der Waals surface area contributed by atoms with Gasteiger partial charge in [0.25, 0.3) is 0 Å². The maximum absolute atomic E-state index is 15.7. The monoisotopic (exact) mass is 545 g/mol. The van der Waals surface area contributed by atoms with E-state index in [9.17, 15) is 10.0 Å². The quantitative estimate of drug-likeness (QED) is 0.175. The minimum absolute atomic E-state index is 0.104. The molecule has 1 saturated heterocycles. The zero-order valence-electron chi connectivity index (χ0n) is 21.2. The first-order valence-corrected chi connectivity index (χ1v) is 13.8. The van der Waals surface area contributed by atoms with Gasteiger partial charge in [0, 0.05) is 34.3 Å². The number of carbonyl (C=O) groups excluding carboxylic acids is 1. The first-order chi connectivity index (χ1) is 17.8. The third-order valence-electron chi connectivity index (χ3n) is 7.32. The molecule has 0 bridgehead atoms. The fourth-order valence-corrected chi connectivity index (χ4v) is 6.37. The number of hydroxylamine groups is 1. The average molecular weight is 546 g/mol. The summed E-state index contributed by atoms with van der Waals surface area (Å²) in [5, 5.41) is 10.3. The number of aromatic nitrogens is 1. The van der Waals surface area contributed by atoms with Gasteiger partial charge in [-0.05, 0) is 76.0 Å². The summed E-state index contributed by atoms with van der Waals surface area (Å²) in [6, 6.07) is 13.7. The highest BCUT2D eigenvalue weighted by atomic mass is 35.5. The first kappa shape index (κ1) is 27.6. The summed E-state index contributed by atoms with van der Waals surface area (Å²) in [5.74, 6) is 1.10. The van der Waals surface area contributed by atoms with Gasteiger partial charge in [-0.1, -0.05) is 29.3 Å². The molecule has 37 heavy (non-hydrogen) atoms. The van der Waals surface area contributed by atoms with Crippen molar-refractivity contribution in [3.05, 3.63) is 64.8 Å². The van der Waals surface area contributed by atoms with Crippen molar-refractivity contribution >= 4 is 40.2 Å². The summed E-state index contributed by atoms with van der Waals surface area (Å²) in [5.41, 5.74) is 3.25. The predicted molar refractivity (Wildman–Crippen MR) is 146 cm³/mol. The summed E-state index contributed by atoms with van der Waals surface area (Å²) in [7, 11) is 1.55. The van der Waals surface area contributed by atoms with Crippen LogP contribution in [0.15, 0.2) is 53.6 Å². The average Bonchev–Trinajstić information content (AvgIpc) is 2.91. The van der Waals surface area contributed by atoms with Gasteiger partial charge in [-0.25, -0.2) is 9.87 Å². The van der Waals surface area contributed by atoms with E-state index < -0.39 is 17.5 Å². The molecule has 2 aromatic carbocycles. The molecule has 2 N–H and O–H groups in total. The summed E-state index contributed by atoms with van der Waals surface area (Å²) < 4.78 is 21.0. The van der Waals surface area contributed by atoms with E-state index in [1.807, 2.05) is 17.2 Å². The number of carbonyl (C=O) groups is 1. The Morgan fingerprint density at radius 1 is 1.30 bits per heavy atom. The minimum atomic E-state index is -1.39. The molecule has 3 aromatic rings. The number of piperidine rings is 1. The third kappa shape index (κ3) is 6.55. The Morgan fingerprint density at radius 2 is 2.08 bits per heavy atom. The molecule has 1 fully saturated rings. The number of amides is 1. The molecule has 1 aromatic heterocycles. The number of methoxy groups -OCH3 is 1. The van der Waals surface area contributed by atoms with Crippen LogP contribution < -0.4 is 10.2 Å². The molecule has 0 saturated carbocycles. The molecule has 1 aliphatic heterocycles. The number of aryl methyl sites for hydroxylation is 1. The number of fused-ring (bicyclic) bond motifs is 1. The van der Waals surface area contributed by atoms with Crippen molar-refractivity contribution in [1.82, 2.24) is 15.4 Å². The molecule has 6 nitrogen and oxygen atoms in total. The number of rotatable bonds is 10. The lowest BCUT2D eigenvalue weighted by Crippen LogP contribution is -2.48. The number of benzene rings is 2. The number of alkyl halides is 1. The fraction of sp³-hybridized carbons (Fsp3) is 0.429. The number of ether oxygens (including phenoxy) is 1. The number of likely N-dealkylation sites (tertiary alicyclic amines) is 1. The molecule has 2 heterocycles. The highest BCUT2D eigenvalue weighted by Crippen LogP contribution is 2.42. The Morgan fingerprint density at radius 3 is 2.78 bits per heavy atom. The van der Waals surface area contributed by atoms with E-state index in [0.717, 1.165) is 25.4 Å². The molecule has 198 valence electrons. The predicted octanol–water partition coefficient (Wildman–Crippen LogP) is 6.38. The molecule has 1 amide bonds. The number of hydrogen-bond acceptors (Lipinski definition) is 6. The fourth-order valence-electron chi connectivity index (χ4n) is 5.07. The van der Waals surface area contributed by atoms with Crippen LogP contribution in [0.2, 0.25) is 5.02 Å². The number of nitrogens with zero attached hydrogens (tertiary/aromatic N) is 2. The molecule has 9 heteroatoms. The summed E-state index contributed by atoms with van der Waals surface area (Å²) >= 11 is 8.21. The maximum Gasteiger partial charge on any atom is 0.249 e. The third-order valence-corrected chi connectivity index (χ3v) is 8.60. The topological polar surface area (TPSA) is 74.7 Å². The Labute approximate surface area is 226 Å². The molecule has 0 radical (unpaired) electrons. The van der Waals surface area contributed by atoms with Crippen LogP contribution in [0.25, 0.3) is 10.9 Å². The van der Waals surface area contributed by atoms with Crippen molar-refractivity contribution < 1.29 is 19.1 Å². The second-order valence-electron chi connectivity index (χ2n) is 9.64. The molecular formula is C28H33ClFN3O3S. The molecule has 1 atom stereocenters. The number of thioether (sulfide) groups is 1. The zero-order valence-corrected chi connectivity index (χ0v) is 22.7. The van der Waals surface area contributed by atoms with Crippen LogP contribution in [0, 0.1) is 12.3 Å². The van der Waals surface area contributed by atoms with E-state index in [-0.39, 0.29) is 11.4 Å². The van der Waals surface area contributed by atoms with Crippen LogP contribution in [0.5, 0.6) is 5.75 Å². The normalized spacial score (nSPS) is 16.5. The molecule has 0 aliphatic carbocycles. The number of halogens is 2. The van der Waals surface area contributed by atoms with Gasteiger partial charge in [-0.15, -0.1) is 11.8 Å². The second-order valence-corrected chi connectivity index (χ2v) is 11.2. The Bertz CT molecular complexity index is 1240. The first-order valence-electron chi connectivity index (χ1n) is 12.5. The molecular weight excluding hydrogens is 513 g/mol. The minimum Gasteiger partial charge on any atom is -0.497 e. The van der Waals surface area contributed by atoms with Crippen LogP contribution in [0.1, 0.15) is 43.0 Å². The standard InChI is InChI=1S/C28H33ClFN3O3S/c1-19-4-3-5-21(16-19)37-15-14-33-12-10-28(11-13-33,27(34)32-35)9-8-24(30)26-22-17-20(36-2)6-7-25(22)31-18-23(26)29/h3-7,16-18,24,35H,8-15H2,1-2H3,(H,32,34)/t24-/m1/s1. The van der Waals surface area contributed by atoms with Gasteiger partial charge in [0.2, 0.25) is 5.91 Å². The lowest BCUT2D eigenvalue weighted by molar-refractivity contribution is -0.143. The zero-order chi connectivity index (χ0) is 26.4. The van der Waals surface area contributed by atoms with Gasteiger partial charge in [-0.3, -0.25) is 15.0 Å². The van der Waals surface area contributed by atoms with E-state index in [4.69, 9.17) is 16.3 Å². The summed E-state index contributed by atoms with van der Waals surface area (Å²) in [6.07, 6.45) is 1.59. The van der Waals surface area contributed by atoms with Gasteiger partial charge in [0.1, 0.15) is 11.9 Å². The number of nitrogens with one attached hydrogen (secondary N) is 1.